The molecule has 4 aliphatic rings. The van der Waals surface area contributed by atoms with Crippen LogP contribution in [0.4, 0.5) is 0 Å². The predicted octanol–water partition coefficient (Wildman–Crippen LogP) is 4.06. The summed E-state index contributed by atoms with van der Waals surface area (Å²) in [4.78, 5) is 97.4. The summed E-state index contributed by atoms with van der Waals surface area (Å²) in [6.07, 6.45) is 2.90. The molecule has 0 aromatic carbocycles. The molecule has 31 heteroatoms. The molecule has 0 radical (unpaired) electrons. The van der Waals surface area contributed by atoms with Crippen molar-refractivity contribution in [2.24, 2.45) is 116 Å². The van der Waals surface area contributed by atoms with Crippen molar-refractivity contribution in [1.82, 2.24) is 36.5 Å². The molecule has 0 saturated carbocycles. The Morgan fingerprint density at radius 1 is 0.337 bits per heavy atom. The first-order valence-electron chi connectivity index (χ1n) is 34.6. The maximum absolute atomic E-state index is 13.1. The molecule has 0 amide bonds. The molecular weight excluding hydrogens is 1990 g/mol. The Morgan fingerprint density at radius 2 is 0.554 bits per heavy atom. The van der Waals surface area contributed by atoms with Gasteiger partial charge in [0.1, 0.15) is 24.9 Å². The molecule has 0 spiro atoms. The summed E-state index contributed by atoms with van der Waals surface area (Å²) in [6, 6.07) is 5.50. The van der Waals surface area contributed by atoms with E-state index in [9.17, 15) is 58.8 Å². The van der Waals surface area contributed by atoms with Crippen LogP contribution < -0.4 is 45.0 Å². The van der Waals surface area contributed by atoms with Crippen LogP contribution in [0.15, 0.2) is 87.4 Å². The van der Waals surface area contributed by atoms with Crippen molar-refractivity contribution in [2.75, 3.05) is 66.6 Å². The van der Waals surface area contributed by atoms with E-state index in [0.717, 1.165) is 13.7 Å². The van der Waals surface area contributed by atoms with Gasteiger partial charge in [-0.2, -0.15) is 0 Å². The first-order valence-corrected chi connectivity index (χ1v) is 34.6. The Balaban J connectivity index is 0.000000672. The fraction of sp³-hybridized carbons (Fsp3) is 0.771. The zero-order valence-corrected chi connectivity index (χ0v) is 74.4. The van der Waals surface area contributed by atoms with E-state index >= 15 is 0 Å². The van der Waals surface area contributed by atoms with Crippen molar-refractivity contribution in [2.45, 2.75) is 167 Å². The fourth-order valence-corrected chi connectivity index (χ4v) is 15.3. The second kappa shape index (κ2) is 44.4. The molecular formula is C70H116N8O19W4. The molecule has 4 aliphatic heterocycles. The molecule has 8 unspecified atom stereocenters. The number of aromatic nitrogens is 8. The molecule has 4 saturated heterocycles. The number of methoxy groups -OCH3 is 1. The van der Waals surface area contributed by atoms with Gasteiger partial charge < -0.3 is 53.6 Å². The van der Waals surface area contributed by atoms with Crippen molar-refractivity contribution >= 4 is 0 Å². The van der Waals surface area contributed by atoms with Gasteiger partial charge in [-0.25, -0.2) is 19.2 Å². The van der Waals surface area contributed by atoms with Gasteiger partial charge in [-0.15, -0.1) is 0 Å². The van der Waals surface area contributed by atoms with E-state index in [0.29, 0.717) is 44.2 Å². The van der Waals surface area contributed by atoms with Crippen LogP contribution in [-0.2, 0) is 145 Å². The van der Waals surface area contributed by atoms with Gasteiger partial charge in [0.15, 0.2) is 0 Å². The topological polar surface area (TPSA) is 322 Å². The van der Waals surface area contributed by atoms with Gasteiger partial charge in [0.05, 0.1) is 90.4 Å². The number of hydrogen-bond donors (Lipinski definition) is 4. The molecule has 101 heavy (non-hydrogen) atoms. The molecule has 0 bridgehead atoms. The Labute approximate surface area is 651 Å². The maximum atomic E-state index is 13.1. The van der Waals surface area contributed by atoms with Crippen LogP contribution in [0, 0.1) is 94.7 Å². The minimum absolute atomic E-state index is 0. The van der Waals surface area contributed by atoms with Gasteiger partial charge in [-0.1, -0.05) is 111 Å². The number of hydrogen-bond acceptors (Lipinski definition) is 19. The van der Waals surface area contributed by atoms with Gasteiger partial charge in [0.25, 0.3) is 22.2 Å². The smallest absolute Gasteiger partial charge is 0.333 e. The molecule has 16 atom stereocenters. The van der Waals surface area contributed by atoms with Gasteiger partial charge >= 0.3 is 22.8 Å². The standard InChI is InChI=1S/C22H38N2O7.3C16H26N2O4.4W/c1-15(2)19-17(14-25)31-21(20(19)16(3)4)24-7-6-18(26)23(22(24)27)8-9-29-12-13-30-11-10-28-5;3*1-9(2)13-11(8-19)22-15(14(13)10(3)4)18-7-6-12(20)17(5)16(18)21;;;;/h6-7,15-17,19-21,25H,8-14H2,1-5H3;3*6-7,9-11,13-15,19H,8H2,1-5H3;;;;/t17-,19?,20?,21-;3*11-,13?,14?,15-;;;;/m1111..../s1. The Morgan fingerprint density at radius 3 is 0.782 bits per heavy atom. The Bertz CT molecular complexity index is 3360. The number of aliphatic hydroxyl groups is 4. The van der Waals surface area contributed by atoms with Gasteiger partial charge in [-0.3, -0.25) is 55.7 Å². The summed E-state index contributed by atoms with van der Waals surface area (Å²) in [5, 5.41) is 38.8. The number of nitrogens with zero attached hydrogens (tertiary/aromatic N) is 8. The number of rotatable bonds is 25. The van der Waals surface area contributed by atoms with Crippen molar-refractivity contribution in [3.63, 3.8) is 0 Å². The first kappa shape index (κ1) is 96.0. The van der Waals surface area contributed by atoms with Crippen LogP contribution in [0.1, 0.15) is 136 Å². The summed E-state index contributed by atoms with van der Waals surface area (Å²) in [6.45, 7) is 35.5. The van der Waals surface area contributed by atoms with Crippen LogP contribution in [-0.4, -0.2) is 148 Å². The van der Waals surface area contributed by atoms with E-state index in [1.54, 1.807) is 7.11 Å². The van der Waals surface area contributed by atoms with E-state index in [1.807, 2.05) is 0 Å². The van der Waals surface area contributed by atoms with Crippen molar-refractivity contribution in [3.8, 4) is 0 Å². The van der Waals surface area contributed by atoms with E-state index in [-0.39, 0.29) is 264 Å². The second-order valence-corrected chi connectivity index (χ2v) is 29.0. The average Bonchev–Trinajstić information content (AvgIpc) is 1.68. The zero-order valence-electron chi connectivity index (χ0n) is 62.7. The van der Waals surface area contributed by atoms with Crippen LogP contribution in [0.3, 0.4) is 0 Å². The van der Waals surface area contributed by atoms with E-state index in [1.165, 1.54) is 93.0 Å². The molecule has 0 aliphatic carbocycles. The van der Waals surface area contributed by atoms with Crippen molar-refractivity contribution < 1.29 is 138 Å². The van der Waals surface area contributed by atoms with Crippen molar-refractivity contribution in [1.29, 1.82) is 0 Å². The van der Waals surface area contributed by atoms with Crippen LogP contribution in [0.5, 0.6) is 0 Å². The second-order valence-electron chi connectivity index (χ2n) is 29.0. The average molecular weight is 2110 g/mol. The first-order chi connectivity index (χ1) is 45.7. The third kappa shape index (κ3) is 23.0. The normalized spacial score (nSPS) is 26.1. The quantitative estimate of drug-likeness (QED) is 0.0680. The minimum Gasteiger partial charge on any atom is -0.394 e. The minimum atomic E-state index is -0.529. The summed E-state index contributed by atoms with van der Waals surface area (Å²) in [7, 11) is 6.00. The molecule has 8 heterocycles. The zero-order chi connectivity index (χ0) is 72.8. The Hall–Kier alpha value is -2.97. The molecule has 8 rings (SSSR count). The third-order valence-corrected chi connectivity index (χ3v) is 20.1. The summed E-state index contributed by atoms with van der Waals surface area (Å²) < 4.78 is 50.3. The molecule has 4 aromatic heterocycles. The van der Waals surface area contributed by atoms with Crippen LogP contribution in [0.2, 0.25) is 0 Å². The predicted molar refractivity (Wildman–Crippen MR) is 367 cm³/mol. The molecule has 574 valence electrons. The summed E-state index contributed by atoms with van der Waals surface area (Å²) in [5.74, 6) is 3.36. The number of aliphatic hydroxyl groups excluding tert-OH is 4. The van der Waals surface area contributed by atoms with Crippen molar-refractivity contribution in [3.05, 3.63) is 132 Å². The molecule has 4 N–H and O–H groups in total. The Kier molecular flexibility index (Phi) is 42.2. The van der Waals surface area contributed by atoms with Gasteiger partial charge in [0, 0.05) is 185 Å². The SMILES string of the molecule is CC(C)C1C(C(C)C)[C@@H](CO)O[C@H]1n1ccc(=O)n(C)c1=O.CC(C)C1C(C(C)C)[C@@H](CO)O[C@H]1n1ccc(=O)n(C)c1=O.CC(C)C1C(C(C)C)[C@@H](CO)O[C@H]1n1ccc(=O)n(C)c1=O.COCCOCCOCCn1c(=O)ccn([C@@H]2O[C@H](CO)C(C(C)C)C2C(C)C)c1=O.[W].[W].[W].[W]. The summed E-state index contributed by atoms with van der Waals surface area (Å²) >= 11 is 0. The fourth-order valence-electron chi connectivity index (χ4n) is 15.3. The van der Waals surface area contributed by atoms with Crippen LogP contribution in [0.25, 0.3) is 0 Å². The molecule has 27 nitrogen and oxygen atoms in total. The van der Waals surface area contributed by atoms with Gasteiger partial charge in [-0.05, 0) is 71.0 Å². The summed E-state index contributed by atoms with van der Waals surface area (Å²) in [5.41, 5.74) is -2.96. The van der Waals surface area contributed by atoms with E-state index < -0.39 is 30.6 Å². The van der Waals surface area contributed by atoms with E-state index in [2.05, 4.69) is 111 Å². The maximum Gasteiger partial charge on any atom is 0.333 e. The number of ether oxygens (including phenoxy) is 7. The van der Waals surface area contributed by atoms with Crippen LogP contribution >= 0.6 is 0 Å². The molecule has 4 aromatic rings. The van der Waals surface area contributed by atoms with Gasteiger partial charge in [0.2, 0.25) is 0 Å². The monoisotopic (exact) mass is 2110 g/mol. The molecule has 4 fully saturated rings. The third-order valence-electron chi connectivity index (χ3n) is 20.1. The largest absolute Gasteiger partial charge is 0.394 e. The van der Waals surface area contributed by atoms with E-state index in [4.69, 9.17) is 33.2 Å².